The molecule has 0 aromatic carbocycles. The minimum atomic E-state index is -0.207. The molecule has 2 heterocycles. The summed E-state index contributed by atoms with van der Waals surface area (Å²) in [6, 6.07) is 5.37. The third kappa shape index (κ3) is 4.57. The monoisotopic (exact) mass is 289 g/mol. The van der Waals surface area contributed by atoms with E-state index in [4.69, 9.17) is 4.74 Å². The van der Waals surface area contributed by atoms with Crippen molar-refractivity contribution in [3.8, 4) is 5.82 Å². The van der Waals surface area contributed by atoms with Gasteiger partial charge in [-0.15, -0.1) is 0 Å². The number of ether oxygens (including phenoxy) is 1. The van der Waals surface area contributed by atoms with Gasteiger partial charge in [0.1, 0.15) is 0 Å². The normalized spacial score (nSPS) is 10.3. The van der Waals surface area contributed by atoms with Gasteiger partial charge < -0.3 is 15.4 Å². The second-order valence-electron chi connectivity index (χ2n) is 4.39. The van der Waals surface area contributed by atoms with Crippen molar-refractivity contribution in [2.75, 3.05) is 20.3 Å². The Morgan fingerprint density at radius 2 is 2.24 bits per heavy atom. The molecule has 0 atom stereocenters. The largest absolute Gasteiger partial charge is 0.385 e. The summed E-state index contributed by atoms with van der Waals surface area (Å²) < 4.78 is 6.59. The number of nitrogens with one attached hydrogen (secondary N) is 2. The van der Waals surface area contributed by atoms with Gasteiger partial charge in [0.25, 0.3) is 0 Å². The molecule has 2 N–H and O–H groups in total. The first-order valence-corrected chi connectivity index (χ1v) is 6.76. The fourth-order valence-corrected chi connectivity index (χ4v) is 1.83. The summed E-state index contributed by atoms with van der Waals surface area (Å²) in [5, 5.41) is 9.73. The number of methoxy groups -OCH3 is 1. The number of carbonyl (C=O) groups is 1. The standard InChI is InChI=1S/C14H19N5O2/c1-21-10-4-7-16-14(20)17-11-12-5-2-6-15-13(12)19-9-3-8-18-19/h2-3,5-6,8-9H,4,7,10-11H2,1H3,(H2,16,17,20). The zero-order chi connectivity index (χ0) is 14.9. The zero-order valence-corrected chi connectivity index (χ0v) is 12.0. The van der Waals surface area contributed by atoms with E-state index in [0.717, 1.165) is 12.0 Å². The smallest absolute Gasteiger partial charge is 0.315 e. The van der Waals surface area contributed by atoms with Crippen LogP contribution >= 0.6 is 0 Å². The van der Waals surface area contributed by atoms with Crippen LogP contribution in [-0.4, -0.2) is 41.1 Å². The molecular weight excluding hydrogens is 270 g/mol. The Kier molecular flexibility index (Phi) is 5.71. The third-order valence-corrected chi connectivity index (χ3v) is 2.84. The Balaban J connectivity index is 1.87. The van der Waals surface area contributed by atoms with E-state index in [-0.39, 0.29) is 6.03 Å². The zero-order valence-electron chi connectivity index (χ0n) is 12.0. The molecule has 2 rings (SSSR count). The number of hydrogen-bond acceptors (Lipinski definition) is 4. The maximum absolute atomic E-state index is 11.7. The van der Waals surface area contributed by atoms with Gasteiger partial charge in [0, 0.05) is 51.0 Å². The van der Waals surface area contributed by atoms with E-state index in [1.54, 1.807) is 24.2 Å². The molecule has 0 fully saturated rings. The molecule has 0 aliphatic rings. The summed E-state index contributed by atoms with van der Waals surface area (Å²) in [4.78, 5) is 16.0. The molecule has 2 amide bonds. The maximum atomic E-state index is 11.7. The molecule has 0 spiro atoms. The lowest BCUT2D eigenvalue weighted by molar-refractivity contribution is 0.193. The summed E-state index contributed by atoms with van der Waals surface area (Å²) in [6.45, 7) is 1.60. The average Bonchev–Trinajstić information content (AvgIpc) is 3.04. The Morgan fingerprint density at radius 1 is 1.33 bits per heavy atom. The van der Waals surface area contributed by atoms with Crippen LogP contribution in [0.25, 0.3) is 5.82 Å². The van der Waals surface area contributed by atoms with E-state index >= 15 is 0 Å². The number of carbonyl (C=O) groups excluding carboxylic acids is 1. The fourth-order valence-electron chi connectivity index (χ4n) is 1.83. The first-order valence-electron chi connectivity index (χ1n) is 6.76. The van der Waals surface area contributed by atoms with Gasteiger partial charge in [-0.05, 0) is 18.6 Å². The number of hydrogen-bond donors (Lipinski definition) is 2. The third-order valence-electron chi connectivity index (χ3n) is 2.84. The van der Waals surface area contributed by atoms with Crippen molar-refractivity contribution >= 4 is 6.03 Å². The molecule has 112 valence electrons. The summed E-state index contributed by atoms with van der Waals surface area (Å²) >= 11 is 0. The van der Waals surface area contributed by atoms with Crippen LogP contribution in [0.5, 0.6) is 0 Å². The molecule has 0 aliphatic heterocycles. The first kappa shape index (κ1) is 15.0. The van der Waals surface area contributed by atoms with Crippen molar-refractivity contribution in [1.82, 2.24) is 25.4 Å². The van der Waals surface area contributed by atoms with Gasteiger partial charge in [0.15, 0.2) is 5.82 Å². The number of urea groups is 1. The fraction of sp³-hybridized carbons (Fsp3) is 0.357. The van der Waals surface area contributed by atoms with Crippen molar-refractivity contribution < 1.29 is 9.53 Å². The molecule has 0 unspecified atom stereocenters. The van der Waals surface area contributed by atoms with Crippen LogP contribution in [0.15, 0.2) is 36.8 Å². The van der Waals surface area contributed by atoms with E-state index in [9.17, 15) is 4.79 Å². The summed E-state index contributed by atoms with van der Waals surface area (Å²) in [6.07, 6.45) is 5.99. The van der Waals surface area contributed by atoms with Gasteiger partial charge in [0.2, 0.25) is 0 Å². The van der Waals surface area contributed by atoms with Crippen LogP contribution in [0.1, 0.15) is 12.0 Å². The van der Waals surface area contributed by atoms with Crippen molar-refractivity contribution in [2.24, 2.45) is 0 Å². The maximum Gasteiger partial charge on any atom is 0.315 e. The average molecular weight is 289 g/mol. The van der Waals surface area contributed by atoms with Gasteiger partial charge in [-0.1, -0.05) is 6.07 Å². The van der Waals surface area contributed by atoms with E-state index in [2.05, 4.69) is 20.7 Å². The molecule has 0 radical (unpaired) electrons. The number of amides is 2. The van der Waals surface area contributed by atoms with Crippen molar-refractivity contribution in [1.29, 1.82) is 0 Å². The van der Waals surface area contributed by atoms with Gasteiger partial charge in [-0.2, -0.15) is 5.10 Å². The van der Waals surface area contributed by atoms with E-state index in [0.29, 0.717) is 25.5 Å². The number of aromatic nitrogens is 3. The van der Waals surface area contributed by atoms with Crippen LogP contribution in [-0.2, 0) is 11.3 Å². The van der Waals surface area contributed by atoms with Crippen LogP contribution in [0.4, 0.5) is 4.79 Å². The lowest BCUT2D eigenvalue weighted by Crippen LogP contribution is -2.36. The van der Waals surface area contributed by atoms with E-state index in [1.807, 2.05) is 24.4 Å². The van der Waals surface area contributed by atoms with Crippen LogP contribution in [0.3, 0.4) is 0 Å². The van der Waals surface area contributed by atoms with Crippen LogP contribution < -0.4 is 10.6 Å². The number of pyridine rings is 1. The Morgan fingerprint density at radius 3 is 3.00 bits per heavy atom. The van der Waals surface area contributed by atoms with Crippen LogP contribution in [0.2, 0.25) is 0 Å². The number of rotatable bonds is 7. The van der Waals surface area contributed by atoms with Gasteiger partial charge in [-0.3, -0.25) is 0 Å². The van der Waals surface area contributed by atoms with Gasteiger partial charge in [0.05, 0.1) is 0 Å². The molecular formula is C14H19N5O2. The van der Waals surface area contributed by atoms with E-state index in [1.165, 1.54) is 0 Å². The predicted molar refractivity (Wildman–Crippen MR) is 78.1 cm³/mol. The highest BCUT2D eigenvalue weighted by molar-refractivity contribution is 5.73. The second-order valence-corrected chi connectivity index (χ2v) is 4.39. The Hall–Kier alpha value is -2.41. The Labute approximate surface area is 123 Å². The minimum absolute atomic E-state index is 0.207. The SMILES string of the molecule is COCCCNC(=O)NCc1cccnc1-n1cccn1. The summed E-state index contributed by atoms with van der Waals surface area (Å²) in [5.74, 6) is 0.710. The molecule has 7 nitrogen and oxygen atoms in total. The molecule has 0 aliphatic carbocycles. The first-order chi connectivity index (χ1) is 10.3. The molecule has 21 heavy (non-hydrogen) atoms. The molecule has 7 heteroatoms. The highest BCUT2D eigenvalue weighted by Gasteiger charge is 2.07. The molecule has 2 aromatic rings. The van der Waals surface area contributed by atoms with Gasteiger partial charge >= 0.3 is 6.03 Å². The van der Waals surface area contributed by atoms with Crippen molar-refractivity contribution in [3.05, 3.63) is 42.4 Å². The molecule has 0 saturated heterocycles. The van der Waals surface area contributed by atoms with Crippen molar-refractivity contribution in [2.45, 2.75) is 13.0 Å². The molecule has 0 bridgehead atoms. The second kappa shape index (κ2) is 8.01. The van der Waals surface area contributed by atoms with E-state index < -0.39 is 0 Å². The highest BCUT2D eigenvalue weighted by atomic mass is 16.5. The predicted octanol–water partition coefficient (Wildman–Crippen LogP) is 1.10. The highest BCUT2D eigenvalue weighted by Crippen LogP contribution is 2.09. The van der Waals surface area contributed by atoms with Crippen LogP contribution in [0, 0.1) is 0 Å². The minimum Gasteiger partial charge on any atom is -0.385 e. The lowest BCUT2D eigenvalue weighted by atomic mass is 10.2. The lowest BCUT2D eigenvalue weighted by Gasteiger charge is -2.10. The molecule has 2 aromatic heterocycles. The Bertz CT molecular complexity index is 556. The van der Waals surface area contributed by atoms with Gasteiger partial charge in [-0.25, -0.2) is 14.5 Å². The topological polar surface area (TPSA) is 81.1 Å². The quantitative estimate of drug-likeness (QED) is 0.748. The summed E-state index contributed by atoms with van der Waals surface area (Å²) in [7, 11) is 1.64. The molecule has 0 saturated carbocycles. The summed E-state index contributed by atoms with van der Waals surface area (Å²) in [5.41, 5.74) is 0.897. The number of nitrogens with zero attached hydrogens (tertiary/aromatic N) is 3. The van der Waals surface area contributed by atoms with Crippen molar-refractivity contribution in [3.63, 3.8) is 0 Å².